The molecule has 7 heteroatoms. The zero-order chi connectivity index (χ0) is 9.84. The van der Waals surface area contributed by atoms with Gasteiger partial charge in [-0.3, -0.25) is 15.1 Å². The zero-order valence-electron chi connectivity index (χ0n) is 6.71. The fourth-order valence-corrected chi connectivity index (χ4v) is 0.664. The highest BCUT2D eigenvalue weighted by molar-refractivity contribution is 5.83. The predicted octanol–water partition coefficient (Wildman–Crippen LogP) is -0.759. The van der Waals surface area contributed by atoms with Gasteiger partial charge in [-0.05, 0) is 0 Å². The van der Waals surface area contributed by atoms with E-state index in [4.69, 9.17) is 0 Å². The van der Waals surface area contributed by atoms with Gasteiger partial charge < -0.3 is 9.72 Å². The molecule has 0 fully saturated rings. The third kappa shape index (κ3) is 2.19. The van der Waals surface area contributed by atoms with Crippen molar-refractivity contribution in [3.05, 3.63) is 27.0 Å². The smallest absolute Gasteiger partial charge is 0.411 e. The number of nitrogens with one attached hydrogen (secondary N) is 3. The van der Waals surface area contributed by atoms with Crippen molar-refractivity contribution in [3.8, 4) is 0 Å². The first kappa shape index (κ1) is 9.04. The number of H-pyrrole nitrogens is 2. The summed E-state index contributed by atoms with van der Waals surface area (Å²) < 4.78 is 4.24. The summed E-state index contributed by atoms with van der Waals surface area (Å²) >= 11 is 0. The van der Waals surface area contributed by atoms with Crippen LogP contribution in [0.3, 0.4) is 0 Å². The number of methoxy groups -OCH3 is 1. The van der Waals surface area contributed by atoms with Crippen molar-refractivity contribution in [1.29, 1.82) is 0 Å². The van der Waals surface area contributed by atoms with Crippen molar-refractivity contribution >= 4 is 11.8 Å². The molecule has 0 saturated heterocycles. The first-order valence-corrected chi connectivity index (χ1v) is 3.30. The molecule has 0 bridgehead atoms. The van der Waals surface area contributed by atoms with Gasteiger partial charge in [0.05, 0.1) is 7.11 Å². The van der Waals surface area contributed by atoms with Gasteiger partial charge >= 0.3 is 11.8 Å². The van der Waals surface area contributed by atoms with Crippen molar-refractivity contribution in [2.45, 2.75) is 0 Å². The second-order valence-electron chi connectivity index (χ2n) is 2.10. The fourth-order valence-electron chi connectivity index (χ4n) is 0.664. The summed E-state index contributed by atoms with van der Waals surface area (Å²) in [5, 5.41) is 2.11. The molecule has 7 nitrogen and oxygen atoms in total. The standard InChI is InChI=1S/C6H7N3O4/c1-13-6(12)8-3-2-7-5(11)9-4(3)10/h2H,1H3,(H,8,12)(H2,7,9,10,11). The van der Waals surface area contributed by atoms with E-state index in [0.29, 0.717) is 0 Å². The molecule has 1 heterocycles. The number of anilines is 1. The summed E-state index contributed by atoms with van der Waals surface area (Å²) in [7, 11) is 1.16. The van der Waals surface area contributed by atoms with Crippen LogP contribution in [0.4, 0.5) is 10.5 Å². The Morgan fingerprint density at radius 3 is 2.77 bits per heavy atom. The molecule has 0 unspecified atom stereocenters. The Kier molecular flexibility index (Phi) is 2.48. The molecule has 1 aromatic rings. The van der Waals surface area contributed by atoms with Crippen LogP contribution in [0.15, 0.2) is 15.8 Å². The summed E-state index contributed by atoms with van der Waals surface area (Å²) in [4.78, 5) is 36.2. The molecule has 0 aliphatic heterocycles. The quantitative estimate of drug-likeness (QED) is 0.534. The van der Waals surface area contributed by atoms with E-state index in [-0.39, 0.29) is 5.69 Å². The van der Waals surface area contributed by atoms with Gasteiger partial charge in [0, 0.05) is 6.20 Å². The molecular weight excluding hydrogens is 178 g/mol. The minimum atomic E-state index is -0.780. The third-order valence-corrected chi connectivity index (χ3v) is 1.24. The molecule has 70 valence electrons. The van der Waals surface area contributed by atoms with E-state index in [1.165, 1.54) is 0 Å². The number of carbonyl (C=O) groups excluding carboxylic acids is 1. The predicted molar refractivity (Wildman–Crippen MR) is 43.7 cm³/mol. The highest BCUT2D eigenvalue weighted by Gasteiger charge is 2.04. The SMILES string of the molecule is COC(=O)Nc1c[nH]c(=O)[nH]c1=O. The van der Waals surface area contributed by atoms with Gasteiger partial charge in [0.1, 0.15) is 5.69 Å². The summed E-state index contributed by atoms with van der Waals surface area (Å²) in [5.41, 5.74) is -1.40. The van der Waals surface area contributed by atoms with Gasteiger partial charge in [-0.1, -0.05) is 0 Å². The monoisotopic (exact) mass is 185 g/mol. The van der Waals surface area contributed by atoms with Gasteiger partial charge in [-0.25, -0.2) is 9.59 Å². The minimum Gasteiger partial charge on any atom is -0.453 e. The normalized spacial score (nSPS) is 9.31. The first-order chi connectivity index (χ1) is 6.13. The molecule has 0 radical (unpaired) electrons. The van der Waals surface area contributed by atoms with Crippen LogP contribution >= 0.6 is 0 Å². The largest absolute Gasteiger partial charge is 0.453 e. The van der Waals surface area contributed by atoms with Crippen LogP contribution in [0.1, 0.15) is 0 Å². The third-order valence-electron chi connectivity index (χ3n) is 1.24. The summed E-state index contributed by atoms with van der Waals surface area (Å²) in [5.74, 6) is 0. The highest BCUT2D eigenvalue weighted by atomic mass is 16.5. The van der Waals surface area contributed by atoms with E-state index >= 15 is 0 Å². The van der Waals surface area contributed by atoms with Gasteiger partial charge in [0.25, 0.3) is 5.56 Å². The maximum atomic E-state index is 10.9. The Balaban J connectivity index is 2.97. The van der Waals surface area contributed by atoms with E-state index in [9.17, 15) is 14.4 Å². The Morgan fingerprint density at radius 1 is 1.54 bits per heavy atom. The van der Waals surface area contributed by atoms with Crippen LogP contribution in [0.5, 0.6) is 0 Å². The van der Waals surface area contributed by atoms with Gasteiger partial charge in [-0.2, -0.15) is 0 Å². The van der Waals surface area contributed by atoms with Crippen molar-refractivity contribution in [2.24, 2.45) is 0 Å². The molecule has 0 saturated carbocycles. The highest BCUT2D eigenvalue weighted by Crippen LogP contribution is 1.92. The van der Waals surface area contributed by atoms with Crippen LogP contribution < -0.4 is 16.6 Å². The summed E-state index contributed by atoms with van der Waals surface area (Å²) in [6, 6.07) is 0. The Hall–Kier alpha value is -2.05. The maximum Gasteiger partial charge on any atom is 0.411 e. The Morgan fingerprint density at radius 2 is 2.23 bits per heavy atom. The molecule has 0 aromatic carbocycles. The fraction of sp³-hybridized carbons (Fsp3) is 0.167. The molecule has 3 N–H and O–H groups in total. The average Bonchev–Trinajstić information content (AvgIpc) is 2.09. The lowest BCUT2D eigenvalue weighted by Crippen LogP contribution is -2.26. The second kappa shape index (κ2) is 3.57. The molecule has 0 spiro atoms. The molecule has 13 heavy (non-hydrogen) atoms. The van der Waals surface area contributed by atoms with E-state index in [0.717, 1.165) is 13.3 Å². The van der Waals surface area contributed by atoms with Crippen molar-refractivity contribution in [3.63, 3.8) is 0 Å². The van der Waals surface area contributed by atoms with Gasteiger partial charge in [0.15, 0.2) is 0 Å². The van der Waals surface area contributed by atoms with Crippen molar-refractivity contribution < 1.29 is 9.53 Å². The van der Waals surface area contributed by atoms with Crippen LogP contribution in [-0.2, 0) is 4.74 Å². The van der Waals surface area contributed by atoms with Crippen molar-refractivity contribution in [2.75, 3.05) is 12.4 Å². The lowest BCUT2D eigenvalue weighted by Gasteiger charge is -2.00. The van der Waals surface area contributed by atoms with Gasteiger partial charge in [0.2, 0.25) is 0 Å². The maximum absolute atomic E-state index is 10.9. The van der Waals surface area contributed by atoms with Gasteiger partial charge in [-0.15, -0.1) is 0 Å². The molecule has 0 aliphatic carbocycles. The molecule has 1 aromatic heterocycles. The molecule has 1 amide bonds. The summed E-state index contributed by atoms with van der Waals surface area (Å²) in [6.45, 7) is 0. The number of rotatable bonds is 1. The molecule has 0 atom stereocenters. The zero-order valence-corrected chi connectivity index (χ0v) is 6.71. The van der Waals surface area contributed by atoms with E-state index in [1.54, 1.807) is 0 Å². The van der Waals surface area contributed by atoms with E-state index < -0.39 is 17.3 Å². The number of amides is 1. The van der Waals surface area contributed by atoms with E-state index in [2.05, 4.69) is 15.0 Å². The number of hydrogen-bond acceptors (Lipinski definition) is 4. The topological polar surface area (TPSA) is 104 Å². The second-order valence-corrected chi connectivity index (χ2v) is 2.10. The first-order valence-electron chi connectivity index (χ1n) is 3.30. The number of hydrogen-bond donors (Lipinski definition) is 3. The number of carbonyl (C=O) groups is 1. The number of ether oxygens (including phenoxy) is 1. The lowest BCUT2D eigenvalue weighted by atomic mass is 10.5. The van der Waals surface area contributed by atoms with E-state index in [1.807, 2.05) is 4.98 Å². The molecule has 1 rings (SSSR count). The minimum absolute atomic E-state index is 0.0774. The lowest BCUT2D eigenvalue weighted by molar-refractivity contribution is 0.187. The van der Waals surface area contributed by atoms with Crippen molar-refractivity contribution in [1.82, 2.24) is 9.97 Å². The van der Waals surface area contributed by atoms with Crippen LogP contribution in [0, 0.1) is 0 Å². The van der Waals surface area contributed by atoms with Crippen LogP contribution in [0.25, 0.3) is 0 Å². The molecular formula is C6H7N3O4. The van der Waals surface area contributed by atoms with Crippen LogP contribution in [0.2, 0.25) is 0 Å². The number of aromatic amines is 2. The molecule has 0 aliphatic rings. The Labute approximate surface area is 71.7 Å². The Bertz CT molecular complexity index is 418. The average molecular weight is 185 g/mol. The van der Waals surface area contributed by atoms with Crippen LogP contribution in [-0.4, -0.2) is 23.2 Å². The number of aromatic nitrogens is 2. The summed E-state index contributed by atoms with van der Waals surface area (Å²) in [6.07, 6.45) is 0.301.